The minimum absolute atomic E-state index is 0.250. The van der Waals surface area contributed by atoms with E-state index < -0.39 is 24.0 Å². The van der Waals surface area contributed by atoms with E-state index in [4.69, 9.17) is 0 Å². The summed E-state index contributed by atoms with van der Waals surface area (Å²) in [6, 6.07) is 3.01. The Bertz CT molecular complexity index is 551. The predicted octanol–water partition coefficient (Wildman–Crippen LogP) is 5.10. The molecule has 1 aromatic heterocycles. The Morgan fingerprint density at radius 3 is 2.29 bits per heavy atom. The molecule has 136 valence electrons. The van der Waals surface area contributed by atoms with Crippen molar-refractivity contribution in [1.29, 1.82) is 0 Å². The fourth-order valence-corrected chi connectivity index (χ4v) is 2.51. The molecule has 3 rings (SSSR count). The number of nitrogens with zero attached hydrogens (tertiary/aromatic N) is 2. The normalized spacial score (nSPS) is 18.2. The lowest BCUT2D eigenvalue weighted by Gasteiger charge is -2.21. The van der Waals surface area contributed by atoms with Crippen molar-refractivity contribution in [3.05, 3.63) is 24.0 Å². The molecule has 1 amide bonds. The molecule has 0 radical (unpaired) electrons. The summed E-state index contributed by atoms with van der Waals surface area (Å²) < 4.78 is 37.2. The summed E-state index contributed by atoms with van der Waals surface area (Å²) in [5.41, 5.74) is -0.351. The van der Waals surface area contributed by atoms with Gasteiger partial charge in [0.15, 0.2) is 0 Å². The maximum atomic E-state index is 12.4. The maximum absolute atomic E-state index is 12.4. The van der Waals surface area contributed by atoms with Gasteiger partial charge in [-0.3, -0.25) is 9.78 Å². The highest BCUT2D eigenvalue weighted by Crippen LogP contribution is 2.40. The van der Waals surface area contributed by atoms with Crippen LogP contribution in [-0.4, -0.2) is 23.6 Å². The van der Waals surface area contributed by atoms with E-state index in [-0.39, 0.29) is 5.69 Å². The third kappa shape index (κ3) is 4.95. The van der Waals surface area contributed by atoms with Crippen molar-refractivity contribution >= 4 is 11.6 Å². The van der Waals surface area contributed by atoms with Gasteiger partial charge in [0.25, 0.3) is 0 Å². The lowest BCUT2D eigenvalue weighted by Crippen LogP contribution is -2.41. The van der Waals surface area contributed by atoms with Crippen LogP contribution in [0.15, 0.2) is 18.3 Å². The first-order valence-electron chi connectivity index (χ1n) is 8.51. The third-order valence-corrected chi connectivity index (χ3v) is 4.06. The van der Waals surface area contributed by atoms with Crippen LogP contribution in [0.3, 0.4) is 0 Å². The molecule has 6 heteroatoms. The number of amides is 1. The number of aromatic nitrogens is 1. The Hall–Kier alpha value is -1.59. The van der Waals surface area contributed by atoms with Crippen molar-refractivity contribution < 1.29 is 18.0 Å². The van der Waals surface area contributed by atoms with Crippen LogP contribution in [-0.2, 0) is 10.2 Å². The average Bonchev–Trinajstić information content (AvgIpc) is 3.35. The summed E-state index contributed by atoms with van der Waals surface area (Å²) in [6.45, 7) is 8.15. The van der Waals surface area contributed by atoms with Crippen LogP contribution in [0.25, 0.3) is 0 Å². The summed E-state index contributed by atoms with van der Waals surface area (Å²) >= 11 is 0. The number of anilines is 1. The summed E-state index contributed by atoms with van der Waals surface area (Å²) in [4.78, 5) is 16.7. The zero-order valence-electron chi connectivity index (χ0n) is 15.1. The Morgan fingerprint density at radius 2 is 1.88 bits per heavy atom. The summed E-state index contributed by atoms with van der Waals surface area (Å²) in [5, 5.41) is 0. The monoisotopic (exact) mass is 344 g/mol. The topological polar surface area (TPSA) is 33.2 Å². The Balaban J connectivity index is 0.000000346. The van der Waals surface area contributed by atoms with Gasteiger partial charge in [-0.05, 0) is 31.9 Å². The van der Waals surface area contributed by atoms with Crippen molar-refractivity contribution in [3.63, 3.8) is 0 Å². The van der Waals surface area contributed by atoms with Crippen molar-refractivity contribution in [3.8, 4) is 0 Å². The molecule has 0 spiro atoms. The largest absolute Gasteiger partial charge is 0.406 e. The van der Waals surface area contributed by atoms with Crippen LogP contribution in [0.2, 0.25) is 0 Å². The standard InChI is InChI=1S/C11H11F3N2O.C5H10.C2H6/c1-10(2)8-7(4-3-5-15-8)16(9(10)17)6-11(12,13)14;1-2-5-3-4-5;1-2/h3-5H,6H2,1-2H3;5H,2-4H2,1H3;1-2H3. The van der Waals surface area contributed by atoms with E-state index >= 15 is 0 Å². The zero-order chi connectivity index (χ0) is 18.5. The molecule has 1 saturated carbocycles. The quantitative estimate of drug-likeness (QED) is 0.748. The molecule has 0 N–H and O–H groups in total. The highest BCUT2D eigenvalue weighted by Gasteiger charge is 2.48. The number of pyridine rings is 1. The number of hydrogen-bond donors (Lipinski definition) is 0. The van der Waals surface area contributed by atoms with Crippen LogP contribution >= 0.6 is 0 Å². The lowest BCUT2D eigenvalue weighted by atomic mass is 9.90. The molecule has 1 fully saturated rings. The zero-order valence-corrected chi connectivity index (χ0v) is 15.1. The van der Waals surface area contributed by atoms with Gasteiger partial charge < -0.3 is 4.90 Å². The van der Waals surface area contributed by atoms with E-state index in [0.717, 1.165) is 10.8 Å². The van der Waals surface area contributed by atoms with Gasteiger partial charge in [0, 0.05) is 6.20 Å². The van der Waals surface area contributed by atoms with Crippen molar-refractivity contribution in [2.24, 2.45) is 5.92 Å². The van der Waals surface area contributed by atoms with Crippen LogP contribution in [0, 0.1) is 5.92 Å². The molecule has 2 heterocycles. The van der Waals surface area contributed by atoms with E-state index in [9.17, 15) is 18.0 Å². The molecule has 2 aliphatic rings. The van der Waals surface area contributed by atoms with Gasteiger partial charge in [-0.15, -0.1) is 0 Å². The molecule has 0 atom stereocenters. The molecule has 0 unspecified atom stereocenters. The first-order valence-corrected chi connectivity index (χ1v) is 8.51. The number of halogens is 3. The van der Waals surface area contributed by atoms with Crippen LogP contribution in [0.1, 0.15) is 59.6 Å². The number of carbonyl (C=O) groups excluding carboxylic acids is 1. The fourth-order valence-electron chi connectivity index (χ4n) is 2.51. The van der Waals surface area contributed by atoms with E-state index in [1.54, 1.807) is 13.8 Å². The van der Waals surface area contributed by atoms with Gasteiger partial charge in [-0.2, -0.15) is 13.2 Å². The van der Waals surface area contributed by atoms with Gasteiger partial charge >= 0.3 is 6.18 Å². The molecule has 1 aromatic rings. The van der Waals surface area contributed by atoms with Crippen molar-refractivity contribution in [2.45, 2.75) is 65.5 Å². The Labute approximate surface area is 142 Å². The van der Waals surface area contributed by atoms with Crippen LogP contribution in [0.4, 0.5) is 18.9 Å². The number of fused-ring (bicyclic) bond motifs is 1. The minimum atomic E-state index is -4.41. The van der Waals surface area contributed by atoms with Crippen LogP contribution in [0.5, 0.6) is 0 Å². The van der Waals surface area contributed by atoms with E-state index in [2.05, 4.69) is 11.9 Å². The molecular weight excluding hydrogens is 317 g/mol. The second-order valence-corrected chi connectivity index (χ2v) is 6.35. The van der Waals surface area contributed by atoms with Crippen molar-refractivity contribution in [2.75, 3.05) is 11.4 Å². The number of hydrogen-bond acceptors (Lipinski definition) is 2. The highest BCUT2D eigenvalue weighted by atomic mass is 19.4. The molecule has 0 saturated heterocycles. The second kappa shape index (κ2) is 7.99. The van der Waals surface area contributed by atoms with Crippen LogP contribution < -0.4 is 4.90 Å². The van der Waals surface area contributed by atoms with E-state index in [1.165, 1.54) is 37.6 Å². The summed E-state index contributed by atoms with van der Waals surface area (Å²) in [7, 11) is 0. The predicted molar refractivity (Wildman–Crippen MR) is 90.0 cm³/mol. The highest BCUT2D eigenvalue weighted by molar-refractivity contribution is 6.06. The summed E-state index contributed by atoms with van der Waals surface area (Å²) in [6.07, 6.45) is 1.50. The molecule has 1 aliphatic carbocycles. The molecular formula is C18H27F3N2O. The minimum Gasteiger partial charge on any atom is -0.301 e. The van der Waals surface area contributed by atoms with Gasteiger partial charge in [0.05, 0.1) is 16.8 Å². The van der Waals surface area contributed by atoms with E-state index in [0.29, 0.717) is 5.69 Å². The first kappa shape index (κ1) is 20.5. The Kier molecular flexibility index (Phi) is 6.81. The van der Waals surface area contributed by atoms with Gasteiger partial charge in [-0.1, -0.05) is 40.0 Å². The summed E-state index contributed by atoms with van der Waals surface area (Å²) in [5.74, 6) is 0.568. The smallest absolute Gasteiger partial charge is 0.301 e. The molecule has 0 bridgehead atoms. The number of rotatable bonds is 2. The Morgan fingerprint density at radius 1 is 1.29 bits per heavy atom. The molecule has 1 aliphatic heterocycles. The molecule has 24 heavy (non-hydrogen) atoms. The lowest BCUT2D eigenvalue weighted by molar-refractivity contribution is -0.134. The second-order valence-electron chi connectivity index (χ2n) is 6.35. The molecule has 0 aromatic carbocycles. The van der Waals surface area contributed by atoms with E-state index in [1.807, 2.05) is 13.8 Å². The van der Waals surface area contributed by atoms with Gasteiger partial charge in [0.2, 0.25) is 5.91 Å². The van der Waals surface area contributed by atoms with Gasteiger partial charge in [-0.25, -0.2) is 0 Å². The first-order chi connectivity index (χ1) is 11.2. The maximum Gasteiger partial charge on any atom is 0.406 e. The third-order valence-electron chi connectivity index (χ3n) is 4.06. The number of alkyl halides is 3. The number of carbonyl (C=O) groups is 1. The average molecular weight is 344 g/mol. The van der Waals surface area contributed by atoms with Gasteiger partial charge in [0.1, 0.15) is 6.54 Å². The molecule has 3 nitrogen and oxygen atoms in total. The SMILES string of the molecule is CC.CC1(C)C(=O)N(CC(F)(F)F)c2cccnc21.CCC1CC1. The fraction of sp³-hybridized carbons (Fsp3) is 0.667. The van der Waals surface area contributed by atoms with Crippen molar-refractivity contribution in [1.82, 2.24) is 4.98 Å².